The average Bonchev–Trinajstić information content (AvgIpc) is 3.50. The molecule has 0 atom stereocenters. The van der Waals surface area contributed by atoms with Gasteiger partial charge in [-0.3, -0.25) is 0 Å². The van der Waals surface area contributed by atoms with E-state index in [0.717, 1.165) is 18.5 Å². The third-order valence-corrected chi connectivity index (χ3v) is 6.79. The lowest BCUT2D eigenvalue weighted by atomic mass is 9.91. The van der Waals surface area contributed by atoms with Gasteiger partial charge in [-0.1, -0.05) is 61.4 Å². The van der Waals surface area contributed by atoms with Crippen molar-refractivity contribution in [1.82, 2.24) is 4.57 Å². The number of esters is 1. The van der Waals surface area contributed by atoms with Gasteiger partial charge in [-0.25, -0.2) is 4.79 Å². The maximum absolute atomic E-state index is 12.6. The molecule has 0 amide bonds. The van der Waals surface area contributed by atoms with Crippen LogP contribution in [-0.4, -0.2) is 17.6 Å². The number of nitrogens with zero attached hydrogens (tertiary/aromatic N) is 1. The van der Waals surface area contributed by atoms with E-state index in [1.54, 1.807) is 0 Å². The van der Waals surface area contributed by atoms with E-state index in [2.05, 4.69) is 77.5 Å². The zero-order valence-electron chi connectivity index (χ0n) is 18.6. The predicted molar refractivity (Wildman–Crippen MR) is 129 cm³/mol. The highest BCUT2D eigenvalue weighted by molar-refractivity contribution is 5.91. The van der Waals surface area contributed by atoms with Gasteiger partial charge in [0.2, 0.25) is 0 Å². The van der Waals surface area contributed by atoms with Gasteiger partial charge in [0.1, 0.15) is 0 Å². The van der Waals surface area contributed by atoms with Crippen LogP contribution in [0.3, 0.4) is 0 Å². The van der Waals surface area contributed by atoms with Gasteiger partial charge < -0.3 is 9.30 Å². The van der Waals surface area contributed by atoms with E-state index < -0.39 is 0 Å². The second-order valence-corrected chi connectivity index (χ2v) is 8.89. The molecule has 0 unspecified atom stereocenters. The number of fused-ring (bicyclic) bond motifs is 1. The van der Waals surface area contributed by atoms with Crippen molar-refractivity contribution >= 4 is 16.9 Å². The Balaban J connectivity index is 1.41. The second kappa shape index (κ2) is 9.04. The van der Waals surface area contributed by atoms with Crippen LogP contribution in [0.5, 0.6) is 0 Å². The molecule has 1 aliphatic carbocycles. The minimum absolute atomic E-state index is 0.241. The molecule has 3 nitrogen and oxygen atoms in total. The number of carbonyl (C=O) groups excluding carboxylic acids is 1. The third-order valence-electron chi connectivity index (χ3n) is 6.79. The lowest BCUT2D eigenvalue weighted by molar-refractivity contribution is 0.0599. The van der Waals surface area contributed by atoms with Crippen molar-refractivity contribution in [2.24, 2.45) is 0 Å². The van der Waals surface area contributed by atoms with Crippen molar-refractivity contribution in [3.05, 3.63) is 107 Å². The fourth-order valence-corrected chi connectivity index (χ4v) is 5.06. The standard InChI is InChI=1S/C29H29NO2/c1-32-29(31)27-19-24(23-9-5-6-10-23)12-13-25(27)17-22-11-14-28-26(18-22)15-16-30(28)20-21-7-3-2-4-8-21/h2-4,7-8,11-16,18-19,23H,5-6,9-10,17,20H2,1H3. The normalized spacial score (nSPS) is 14.2. The summed E-state index contributed by atoms with van der Waals surface area (Å²) in [7, 11) is 1.47. The zero-order valence-corrected chi connectivity index (χ0v) is 18.6. The first-order valence-corrected chi connectivity index (χ1v) is 11.5. The molecule has 0 N–H and O–H groups in total. The summed E-state index contributed by atoms with van der Waals surface area (Å²) < 4.78 is 7.40. The highest BCUT2D eigenvalue weighted by Crippen LogP contribution is 2.35. The first kappa shape index (κ1) is 20.6. The van der Waals surface area contributed by atoms with Gasteiger partial charge in [0.05, 0.1) is 12.7 Å². The number of aromatic nitrogens is 1. The van der Waals surface area contributed by atoms with Crippen molar-refractivity contribution in [1.29, 1.82) is 0 Å². The van der Waals surface area contributed by atoms with Gasteiger partial charge in [-0.15, -0.1) is 0 Å². The van der Waals surface area contributed by atoms with Crippen molar-refractivity contribution in [2.45, 2.75) is 44.6 Å². The molecule has 1 fully saturated rings. The van der Waals surface area contributed by atoms with Gasteiger partial charge in [-0.2, -0.15) is 0 Å². The summed E-state index contributed by atoms with van der Waals surface area (Å²) in [6.07, 6.45) is 7.87. The fourth-order valence-electron chi connectivity index (χ4n) is 5.06. The summed E-state index contributed by atoms with van der Waals surface area (Å²) in [6, 6.07) is 25.7. The molecule has 3 heteroatoms. The van der Waals surface area contributed by atoms with Gasteiger partial charge >= 0.3 is 5.97 Å². The lowest BCUT2D eigenvalue weighted by Gasteiger charge is -2.14. The highest BCUT2D eigenvalue weighted by Gasteiger charge is 2.20. The molecule has 0 saturated heterocycles. The maximum Gasteiger partial charge on any atom is 0.338 e. The van der Waals surface area contributed by atoms with E-state index in [1.807, 2.05) is 6.07 Å². The first-order valence-electron chi connectivity index (χ1n) is 11.5. The van der Waals surface area contributed by atoms with Gasteiger partial charge in [0, 0.05) is 18.3 Å². The van der Waals surface area contributed by atoms with Gasteiger partial charge in [0.15, 0.2) is 0 Å². The maximum atomic E-state index is 12.6. The number of carbonyl (C=O) groups is 1. The van der Waals surface area contributed by atoms with Crippen LogP contribution in [-0.2, 0) is 17.7 Å². The van der Waals surface area contributed by atoms with Crippen LogP contribution < -0.4 is 0 Å². The second-order valence-electron chi connectivity index (χ2n) is 8.89. The van der Waals surface area contributed by atoms with Crippen molar-refractivity contribution in [3.8, 4) is 0 Å². The molecule has 4 aromatic rings. The Bertz CT molecular complexity index is 1230. The number of ether oxygens (including phenoxy) is 1. The quantitative estimate of drug-likeness (QED) is 0.322. The molecule has 1 aliphatic rings. The fraction of sp³-hybridized carbons (Fsp3) is 0.276. The topological polar surface area (TPSA) is 31.2 Å². The van der Waals surface area contributed by atoms with Gasteiger partial charge in [0.25, 0.3) is 0 Å². The molecule has 0 radical (unpaired) electrons. The van der Waals surface area contributed by atoms with Gasteiger partial charge in [-0.05, 0) is 77.1 Å². The summed E-state index contributed by atoms with van der Waals surface area (Å²) in [5, 5.41) is 1.22. The summed E-state index contributed by atoms with van der Waals surface area (Å²) >= 11 is 0. The molecule has 0 bridgehead atoms. The van der Waals surface area contributed by atoms with E-state index in [-0.39, 0.29) is 5.97 Å². The zero-order chi connectivity index (χ0) is 21.9. The Labute approximate surface area is 189 Å². The Kier molecular flexibility index (Phi) is 5.81. The molecule has 1 aromatic heterocycles. The lowest BCUT2D eigenvalue weighted by Crippen LogP contribution is -2.08. The number of hydrogen-bond donors (Lipinski definition) is 0. The summed E-state index contributed by atoms with van der Waals surface area (Å²) in [5.74, 6) is 0.336. The molecule has 0 spiro atoms. The van der Waals surface area contributed by atoms with Crippen LogP contribution in [0.1, 0.15) is 64.2 Å². The Morgan fingerprint density at radius 2 is 1.75 bits per heavy atom. The van der Waals surface area contributed by atoms with E-state index in [1.165, 1.54) is 60.4 Å². The smallest absolute Gasteiger partial charge is 0.338 e. The summed E-state index contributed by atoms with van der Waals surface area (Å²) in [4.78, 5) is 12.6. The average molecular weight is 424 g/mol. The first-order chi connectivity index (χ1) is 15.7. The Morgan fingerprint density at radius 3 is 2.53 bits per heavy atom. The summed E-state index contributed by atoms with van der Waals surface area (Å²) in [6.45, 7) is 0.860. The molecule has 162 valence electrons. The molecule has 32 heavy (non-hydrogen) atoms. The molecule has 1 heterocycles. The van der Waals surface area contributed by atoms with Crippen LogP contribution in [0.25, 0.3) is 10.9 Å². The number of methoxy groups -OCH3 is 1. The van der Waals surface area contributed by atoms with Crippen LogP contribution in [0.15, 0.2) is 79.0 Å². The minimum atomic E-state index is -0.241. The number of benzene rings is 3. The molecule has 0 aliphatic heterocycles. The predicted octanol–water partition coefficient (Wildman–Crippen LogP) is 6.72. The molecular formula is C29H29NO2. The van der Waals surface area contributed by atoms with Crippen molar-refractivity contribution in [2.75, 3.05) is 7.11 Å². The van der Waals surface area contributed by atoms with Crippen LogP contribution in [0.4, 0.5) is 0 Å². The molecular weight excluding hydrogens is 394 g/mol. The number of rotatable bonds is 6. The van der Waals surface area contributed by atoms with Crippen LogP contribution in [0, 0.1) is 0 Å². The Hall–Kier alpha value is -3.33. The Morgan fingerprint density at radius 1 is 0.938 bits per heavy atom. The van der Waals surface area contributed by atoms with Crippen molar-refractivity contribution in [3.63, 3.8) is 0 Å². The van der Waals surface area contributed by atoms with E-state index in [0.29, 0.717) is 11.5 Å². The van der Waals surface area contributed by atoms with Crippen molar-refractivity contribution < 1.29 is 9.53 Å². The monoisotopic (exact) mass is 423 g/mol. The molecule has 3 aromatic carbocycles. The highest BCUT2D eigenvalue weighted by atomic mass is 16.5. The van der Waals surface area contributed by atoms with E-state index >= 15 is 0 Å². The van der Waals surface area contributed by atoms with Crippen LogP contribution in [0.2, 0.25) is 0 Å². The number of hydrogen-bond acceptors (Lipinski definition) is 2. The SMILES string of the molecule is COC(=O)c1cc(C2CCCC2)ccc1Cc1ccc2c(ccn2Cc2ccccc2)c1. The van der Waals surface area contributed by atoms with E-state index in [9.17, 15) is 4.79 Å². The van der Waals surface area contributed by atoms with E-state index in [4.69, 9.17) is 4.74 Å². The van der Waals surface area contributed by atoms with Crippen LogP contribution >= 0.6 is 0 Å². The third kappa shape index (κ3) is 4.20. The summed E-state index contributed by atoms with van der Waals surface area (Å²) in [5.41, 5.74) is 6.73. The largest absolute Gasteiger partial charge is 0.465 e. The molecule has 1 saturated carbocycles. The molecule has 5 rings (SSSR count). The minimum Gasteiger partial charge on any atom is -0.465 e.